The van der Waals surface area contributed by atoms with Gasteiger partial charge in [-0.25, -0.2) is 4.39 Å². The molecular formula is C18H20FNOS2. The van der Waals surface area contributed by atoms with Gasteiger partial charge in [0, 0.05) is 35.6 Å². The number of halogens is 1. The van der Waals surface area contributed by atoms with Crippen molar-refractivity contribution in [3.8, 4) is 0 Å². The minimum atomic E-state index is -0.229. The highest BCUT2D eigenvalue weighted by Crippen LogP contribution is 2.22. The first-order valence-corrected chi connectivity index (χ1v) is 9.55. The van der Waals surface area contributed by atoms with Crippen LogP contribution >= 0.6 is 23.5 Å². The Morgan fingerprint density at radius 2 is 1.83 bits per heavy atom. The third kappa shape index (κ3) is 5.59. The van der Waals surface area contributed by atoms with E-state index in [0.717, 1.165) is 5.56 Å². The van der Waals surface area contributed by atoms with Crippen molar-refractivity contribution in [2.24, 2.45) is 0 Å². The first kappa shape index (κ1) is 17.9. The summed E-state index contributed by atoms with van der Waals surface area (Å²) in [5, 5.41) is 0. The SMILES string of the molecule is CSc1ccc(CN(C)C(=O)CCSc2ccccc2F)cc1. The number of hydrogen-bond donors (Lipinski definition) is 0. The molecule has 1 amide bonds. The number of carbonyl (C=O) groups is 1. The van der Waals surface area contributed by atoms with Crippen LogP contribution in [-0.4, -0.2) is 29.9 Å². The predicted molar refractivity (Wildman–Crippen MR) is 96.4 cm³/mol. The maximum atomic E-state index is 13.5. The number of nitrogens with zero attached hydrogens (tertiary/aromatic N) is 1. The van der Waals surface area contributed by atoms with Crippen molar-refractivity contribution < 1.29 is 9.18 Å². The topological polar surface area (TPSA) is 20.3 Å². The molecule has 2 rings (SSSR count). The van der Waals surface area contributed by atoms with Gasteiger partial charge < -0.3 is 4.90 Å². The summed E-state index contributed by atoms with van der Waals surface area (Å²) in [5.74, 6) is 0.421. The van der Waals surface area contributed by atoms with Crippen LogP contribution in [0.15, 0.2) is 58.3 Å². The van der Waals surface area contributed by atoms with Crippen LogP contribution in [0.2, 0.25) is 0 Å². The van der Waals surface area contributed by atoms with Crippen LogP contribution in [0.25, 0.3) is 0 Å². The quantitative estimate of drug-likeness (QED) is 0.677. The smallest absolute Gasteiger partial charge is 0.223 e. The van der Waals surface area contributed by atoms with Gasteiger partial charge >= 0.3 is 0 Å². The lowest BCUT2D eigenvalue weighted by atomic mass is 10.2. The van der Waals surface area contributed by atoms with E-state index in [-0.39, 0.29) is 11.7 Å². The number of rotatable bonds is 7. The molecule has 0 spiro atoms. The van der Waals surface area contributed by atoms with Crippen LogP contribution in [0.3, 0.4) is 0 Å². The van der Waals surface area contributed by atoms with E-state index in [1.165, 1.54) is 22.7 Å². The second-order valence-electron chi connectivity index (χ2n) is 5.13. The molecule has 0 bridgehead atoms. The Morgan fingerprint density at radius 3 is 2.48 bits per heavy atom. The highest BCUT2D eigenvalue weighted by molar-refractivity contribution is 7.99. The van der Waals surface area contributed by atoms with Crippen LogP contribution in [0.5, 0.6) is 0 Å². The van der Waals surface area contributed by atoms with Crippen LogP contribution in [0.1, 0.15) is 12.0 Å². The van der Waals surface area contributed by atoms with E-state index in [1.54, 1.807) is 41.9 Å². The molecule has 23 heavy (non-hydrogen) atoms. The molecule has 0 N–H and O–H groups in total. The molecule has 5 heteroatoms. The molecule has 0 fully saturated rings. The molecular weight excluding hydrogens is 329 g/mol. The molecule has 0 radical (unpaired) electrons. The molecule has 122 valence electrons. The monoisotopic (exact) mass is 349 g/mol. The van der Waals surface area contributed by atoms with Crippen molar-refractivity contribution in [1.82, 2.24) is 4.90 Å². The van der Waals surface area contributed by atoms with E-state index in [2.05, 4.69) is 12.1 Å². The van der Waals surface area contributed by atoms with E-state index < -0.39 is 0 Å². The summed E-state index contributed by atoms with van der Waals surface area (Å²) in [6.07, 6.45) is 2.44. The summed E-state index contributed by atoms with van der Waals surface area (Å²) in [6.45, 7) is 0.595. The fourth-order valence-corrected chi connectivity index (χ4v) is 3.38. The van der Waals surface area contributed by atoms with Crippen molar-refractivity contribution in [2.45, 2.75) is 22.8 Å². The Labute approximate surface area is 145 Å². The summed E-state index contributed by atoms with van der Waals surface area (Å²) < 4.78 is 13.5. The molecule has 2 aromatic carbocycles. The van der Waals surface area contributed by atoms with Gasteiger partial charge in [0.1, 0.15) is 5.82 Å². The summed E-state index contributed by atoms with van der Waals surface area (Å²) in [6, 6.07) is 14.9. The Hall–Kier alpha value is -1.46. The van der Waals surface area contributed by atoms with Crippen molar-refractivity contribution >= 4 is 29.4 Å². The van der Waals surface area contributed by atoms with E-state index in [4.69, 9.17) is 0 Å². The molecule has 2 aromatic rings. The molecule has 0 saturated heterocycles. The number of thioether (sulfide) groups is 2. The summed E-state index contributed by atoms with van der Waals surface area (Å²) >= 11 is 3.08. The number of hydrogen-bond acceptors (Lipinski definition) is 3. The third-order valence-corrected chi connectivity index (χ3v) is 5.21. The Kier molecular flexibility index (Phi) is 6.99. The molecule has 0 aromatic heterocycles. The van der Waals surface area contributed by atoms with Gasteiger partial charge in [-0.2, -0.15) is 0 Å². The molecule has 2 nitrogen and oxygen atoms in total. The molecule has 0 saturated carbocycles. The van der Waals surface area contributed by atoms with Crippen molar-refractivity contribution in [3.05, 3.63) is 59.9 Å². The second kappa shape index (κ2) is 8.99. The van der Waals surface area contributed by atoms with E-state index in [9.17, 15) is 9.18 Å². The minimum Gasteiger partial charge on any atom is -0.341 e. The van der Waals surface area contributed by atoms with Gasteiger partial charge in [0.05, 0.1) is 0 Å². The van der Waals surface area contributed by atoms with Crippen molar-refractivity contribution in [2.75, 3.05) is 19.1 Å². The van der Waals surface area contributed by atoms with Gasteiger partial charge in [0.25, 0.3) is 0 Å². The predicted octanol–water partition coefficient (Wildman–Crippen LogP) is 4.69. The fraction of sp³-hybridized carbons (Fsp3) is 0.278. The van der Waals surface area contributed by atoms with Gasteiger partial charge in [-0.15, -0.1) is 23.5 Å². The highest BCUT2D eigenvalue weighted by atomic mass is 32.2. The molecule has 0 atom stereocenters. The normalized spacial score (nSPS) is 10.6. The molecule has 0 aliphatic carbocycles. The van der Waals surface area contributed by atoms with Gasteiger partial charge in [-0.3, -0.25) is 4.79 Å². The summed E-state index contributed by atoms with van der Waals surface area (Å²) in [4.78, 5) is 15.7. The van der Waals surface area contributed by atoms with E-state index in [0.29, 0.717) is 23.6 Å². The van der Waals surface area contributed by atoms with E-state index >= 15 is 0 Å². The van der Waals surface area contributed by atoms with Crippen LogP contribution in [-0.2, 0) is 11.3 Å². The zero-order chi connectivity index (χ0) is 16.7. The second-order valence-corrected chi connectivity index (χ2v) is 7.14. The Bertz CT molecular complexity index is 646. The average molecular weight is 349 g/mol. The van der Waals surface area contributed by atoms with Crippen molar-refractivity contribution in [3.63, 3.8) is 0 Å². The summed E-state index contributed by atoms with van der Waals surface area (Å²) in [5.41, 5.74) is 1.11. The highest BCUT2D eigenvalue weighted by Gasteiger charge is 2.10. The number of benzene rings is 2. The number of amides is 1. The zero-order valence-electron chi connectivity index (χ0n) is 13.3. The van der Waals surface area contributed by atoms with Crippen molar-refractivity contribution in [1.29, 1.82) is 0 Å². The number of carbonyl (C=O) groups excluding carboxylic acids is 1. The maximum absolute atomic E-state index is 13.5. The molecule has 0 aliphatic rings. The maximum Gasteiger partial charge on any atom is 0.223 e. The van der Waals surface area contributed by atoms with Gasteiger partial charge in [-0.1, -0.05) is 24.3 Å². The minimum absolute atomic E-state index is 0.0720. The van der Waals surface area contributed by atoms with Gasteiger partial charge in [0.15, 0.2) is 0 Å². The lowest BCUT2D eigenvalue weighted by molar-refractivity contribution is -0.129. The third-order valence-electron chi connectivity index (χ3n) is 3.41. The Balaban J connectivity index is 1.79. The van der Waals surface area contributed by atoms with Gasteiger partial charge in [-0.05, 0) is 36.1 Å². The molecule has 0 unspecified atom stereocenters. The Morgan fingerprint density at radius 1 is 1.13 bits per heavy atom. The van der Waals surface area contributed by atoms with Gasteiger partial charge in [0.2, 0.25) is 5.91 Å². The fourth-order valence-electron chi connectivity index (χ4n) is 2.09. The largest absolute Gasteiger partial charge is 0.341 e. The zero-order valence-corrected chi connectivity index (χ0v) is 14.9. The van der Waals surface area contributed by atoms with E-state index in [1.807, 2.05) is 18.4 Å². The lowest BCUT2D eigenvalue weighted by Crippen LogP contribution is -2.26. The molecule has 0 aliphatic heterocycles. The van der Waals surface area contributed by atoms with Crippen LogP contribution in [0, 0.1) is 5.82 Å². The molecule has 0 heterocycles. The first-order chi connectivity index (χ1) is 11.1. The lowest BCUT2D eigenvalue weighted by Gasteiger charge is -2.17. The van der Waals surface area contributed by atoms with Crippen LogP contribution in [0.4, 0.5) is 4.39 Å². The average Bonchev–Trinajstić information content (AvgIpc) is 2.57. The van der Waals surface area contributed by atoms with Crippen LogP contribution < -0.4 is 0 Å². The standard InChI is InChI=1S/C18H20FNOS2/c1-20(13-14-7-9-15(22-2)10-8-14)18(21)11-12-23-17-6-4-3-5-16(17)19/h3-10H,11-13H2,1-2H3. The summed E-state index contributed by atoms with van der Waals surface area (Å²) in [7, 11) is 1.80. The first-order valence-electron chi connectivity index (χ1n) is 7.34.